The maximum Gasteiger partial charge on any atom is 0.272 e. The largest absolute Gasteiger partial charge is 0.495 e. The number of benzene rings is 2. The van der Waals surface area contributed by atoms with Gasteiger partial charge in [-0.25, -0.2) is 0 Å². The number of ether oxygens (including phenoxy) is 1. The van der Waals surface area contributed by atoms with Crippen LogP contribution in [0.1, 0.15) is 71.8 Å². The van der Waals surface area contributed by atoms with Gasteiger partial charge in [0.05, 0.1) is 40.3 Å². The number of amides is 1. The van der Waals surface area contributed by atoms with Crippen molar-refractivity contribution >= 4 is 50.3 Å². The van der Waals surface area contributed by atoms with Crippen LogP contribution in [0.5, 0.6) is 5.75 Å². The number of non-ortho nitro benzene ring substituents is 1. The molecule has 0 fully saturated rings. The van der Waals surface area contributed by atoms with Crippen LogP contribution in [0, 0.1) is 32.8 Å². The fraction of sp³-hybridized carbons (Fsp3) is 0.562. The SMILES string of the molecule is COc1cc(N(C)c2c(Br)cc([N+](=O)[O-])cc2C#N)c(NC(=O)CC(C)CC(C)(C)C)cc1N(CCCCO)CCCCO. The van der Waals surface area contributed by atoms with Gasteiger partial charge in [0, 0.05) is 62.4 Å². The molecule has 11 nitrogen and oxygen atoms in total. The summed E-state index contributed by atoms with van der Waals surface area (Å²) in [5.41, 5.74) is 2.08. The van der Waals surface area contributed by atoms with Gasteiger partial charge in [-0.05, 0) is 65.4 Å². The molecule has 1 unspecified atom stereocenters. The molecule has 0 aromatic heterocycles. The lowest BCUT2D eigenvalue weighted by Gasteiger charge is -2.31. The molecule has 0 bridgehead atoms. The van der Waals surface area contributed by atoms with Gasteiger partial charge in [0.15, 0.2) is 0 Å². The van der Waals surface area contributed by atoms with Crippen molar-refractivity contribution in [3.05, 3.63) is 44.4 Å². The number of carbonyl (C=O) groups is 1. The Bertz CT molecular complexity index is 1310. The minimum atomic E-state index is -0.556. The second-order valence-corrected chi connectivity index (χ2v) is 13.1. The molecule has 2 rings (SSSR count). The molecule has 0 heterocycles. The lowest BCUT2D eigenvalue weighted by Crippen LogP contribution is -2.27. The Kier molecular flexibility index (Phi) is 14.4. The Hall–Kier alpha value is -3.40. The van der Waals surface area contributed by atoms with Crippen molar-refractivity contribution in [2.24, 2.45) is 11.3 Å². The van der Waals surface area contributed by atoms with Crippen molar-refractivity contribution < 1.29 is 24.7 Å². The number of carbonyl (C=O) groups excluding carboxylic acids is 1. The van der Waals surface area contributed by atoms with Crippen LogP contribution in [0.3, 0.4) is 0 Å². The number of nitrogens with one attached hydrogen (secondary N) is 1. The van der Waals surface area contributed by atoms with Gasteiger partial charge < -0.3 is 30.1 Å². The van der Waals surface area contributed by atoms with Gasteiger partial charge >= 0.3 is 0 Å². The first-order chi connectivity index (χ1) is 20.8. The van der Waals surface area contributed by atoms with Crippen molar-refractivity contribution in [2.45, 2.75) is 66.2 Å². The van der Waals surface area contributed by atoms with E-state index in [-0.39, 0.29) is 41.7 Å². The lowest BCUT2D eigenvalue weighted by atomic mass is 9.84. The van der Waals surface area contributed by atoms with E-state index in [2.05, 4.69) is 59.9 Å². The second-order valence-electron chi connectivity index (χ2n) is 12.3. The lowest BCUT2D eigenvalue weighted by molar-refractivity contribution is -0.384. The summed E-state index contributed by atoms with van der Waals surface area (Å²) in [5.74, 6) is 0.495. The van der Waals surface area contributed by atoms with E-state index in [4.69, 9.17) is 4.74 Å². The molecule has 44 heavy (non-hydrogen) atoms. The second kappa shape index (κ2) is 17.2. The number of hydrogen-bond donors (Lipinski definition) is 3. The summed E-state index contributed by atoms with van der Waals surface area (Å²) in [4.78, 5) is 28.1. The van der Waals surface area contributed by atoms with E-state index in [1.807, 2.05) is 6.07 Å². The number of aliphatic hydroxyl groups excluding tert-OH is 2. The normalized spacial score (nSPS) is 11.9. The molecule has 0 aliphatic heterocycles. The van der Waals surface area contributed by atoms with Gasteiger partial charge in [-0.1, -0.05) is 27.7 Å². The highest BCUT2D eigenvalue weighted by Crippen LogP contribution is 2.44. The van der Waals surface area contributed by atoms with Crippen molar-refractivity contribution in [2.75, 3.05) is 55.6 Å². The Labute approximate surface area is 269 Å². The van der Waals surface area contributed by atoms with E-state index in [0.717, 1.165) is 24.9 Å². The van der Waals surface area contributed by atoms with E-state index in [9.17, 15) is 30.4 Å². The third kappa shape index (κ3) is 10.6. The number of nitro groups is 1. The molecule has 0 saturated carbocycles. The standard InChI is InChI=1S/C32H46BrN5O6/c1-22(20-32(2,3)4)15-30(41)35-26-18-28(37(11-7-9-13-39)12-8-10-14-40)29(44-6)19-27(26)36(5)31-23(21-34)16-24(38(42)43)17-25(31)33/h16-19,22,39-40H,7-15,20H2,1-6H3,(H,35,41). The van der Waals surface area contributed by atoms with Gasteiger partial charge in [-0.3, -0.25) is 14.9 Å². The Morgan fingerprint density at radius 3 is 2.23 bits per heavy atom. The summed E-state index contributed by atoms with van der Waals surface area (Å²) in [6.45, 7) is 9.87. The molecule has 12 heteroatoms. The number of anilines is 4. The molecule has 3 N–H and O–H groups in total. The van der Waals surface area contributed by atoms with Crippen LogP contribution < -0.4 is 19.9 Å². The van der Waals surface area contributed by atoms with Gasteiger partial charge in [0.1, 0.15) is 11.8 Å². The summed E-state index contributed by atoms with van der Waals surface area (Å²) >= 11 is 3.42. The summed E-state index contributed by atoms with van der Waals surface area (Å²) in [6, 6.07) is 8.25. The zero-order chi connectivity index (χ0) is 33.0. The molecule has 1 atom stereocenters. The van der Waals surface area contributed by atoms with E-state index < -0.39 is 4.92 Å². The zero-order valence-electron chi connectivity index (χ0n) is 26.7. The smallest absolute Gasteiger partial charge is 0.272 e. The first-order valence-electron chi connectivity index (χ1n) is 14.9. The maximum atomic E-state index is 13.4. The number of nitrogens with zero attached hydrogens (tertiary/aromatic N) is 4. The van der Waals surface area contributed by atoms with E-state index in [1.54, 1.807) is 25.1 Å². The fourth-order valence-electron chi connectivity index (χ4n) is 5.40. The minimum Gasteiger partial charge on any atom is -0.495 e. The van der Waals surface area contributed by atoms with Crippen LogP contribution in [0.15, 0.2) is 28.7 Å². The summed E-state index contributed by atoms with van der Waals surface area (Å²) in [6.07, 6.45) is 3.89. The number of nitro benzene ring substituents is 1. The molecule has 0 saturated heterocycles. The van der Waals surface area contributed by atoms with Crippen molar-refractivity contribution in [1.82, 2.24) is 0 Å². The number of halogens is 1. The molecule has 0 aliphatic rings. The highest BCUT2D eigenvalue weighted by molar-refractivity contribution is 9.10. The molecule has 2 aromatic carbocycles. The zero-order valence-corrected chi connectivity index (χ0v) is 28.2. The van der Waals surface area contributed by atoms with Gasteiger partial charge in [-0.15, -0.1) is 0 Å². The van der Waals surface area contributed by atoms with E-state index >= 15 is 0 Å². The fourth-order valence-corrected chi connectivity index (χ4v) is 6.11. The molecule has 0 spiro atoms. The predicted octanol–water partition coefficient (Wildman–Crippen LogP) is 6.76. The predicted molar refractivity (Wildman–Crippen MR) is 178 cm³/mol. The number of rotatable bonds is 17. The number of unbranched alkanes of at least 4 members (excludes halogenated alkanes) is 2. The van der Waals surface area contributed by atoms with Crippen LogP contribution in [0.2, 0.25) is 0 Å². The first kappa shape index (κ1) is 36.8. The maximum absolute atomic E-state index is 13.4. The first-order valence-corrected chi connectivity index (χ1v) is 15.7. The molecular formula is C32H46BrN5O6. The van der Waals surface area contributed by atoms with Crippen molar-refractivity contribution in [3.63, 3.8) is 0 Å². The Morgan fingerprint density at radius 1 is 1.11 bits per heavy atom. The van der Waals surface area contributed by atoms with Crippen LogP contribution in [-0.4, -0.2) is 61.5 Å². The van der Waals surface area contributed by atoms with E-state index in [1.165, 1.54) is 12.1 Å². The Balaban J connectivity index is 2.70. The summed E-state index contributed by atoms with van der Waals surface area (Å²) < 4.78 is 6.18. The molecule has 0 aliphatic carbocycles. The molecule has 2 aromatic rings. The van der Waals surface area contributed by atoms with Crippen LogP contribution in [0.25, 0.3) is 0 Å². The molecular weight excluding hydrogens is 630 g/mol. The topological polar surface area (TPSA) is 152 Å². The molecule has 242 valence electrons. The third-order valence-corrected chi connectivity index (χ3v) is 7.76. The summed E-state index contributed by atoms with van der Waals surface area (Å²) in [7, 11) is 3.27. The van der Waals surface area contributed by atoms with Crippen molar-refractivity contribution in [1.29, 1.82) is 5.26 Å². The monoisotopic (exact) mass is 675 g/mol. The van der Waals surface area contributed by atoms with Crippen LogP contribution in [0.4, 0.5) is 28.4 Å². The highest BCUT2D eigenvalue weighted by atomic mass is 79.9. The van der Waals surface area contributed by atoms with Gasteiger partial charge in [-0.2, -0.15) is 5.26 Å². The third-order valence-electron chi connectivity index (χ3n) is 7.16. The minimum absolute atomic E-state index is 0.0674. The number of methoxy groups -OCH3 is 1. The average Bonchev–Trinajstić information content (AvgIpc) is 2.94. The average molecular weight is 677 g/mol. The van der Waals surface area contributed by atoms with Gasteiger partial charge in [0.2, 0.25) is 5.91 Å². The summed E-state index contributed by atoms with van der Waals surface area (Å²) in [5, 5.41) is 43.2. The Morgan fingerprint density at radius 2 is 1.73 bits per heavy atom. The highest BCUT2D eigenvalue weighted by Gasteiger charge is 2.25. The number of hydrogen-bond acceptors (Lipinski definition) is 9. The van der Waals surface area contributed by atoms with E-state index in [0.29, 0.717) is 59.6 Å². The quantitative estimate of drug-likeness (QED) is 0.0938. The molecule has 1 amide bonds. The van der Waals surface area contributed by atoms with Gasteiger partial charge in [0.25, 0.3) is 5.69 Å². The number of nitriles is 1. The number of aliphatic hydroxyl groups is 2. The molecule has 0 radical (unpaired) electrons. The van der Waals surface area contributed by atoms with Crippen LogP contribution in [-0.2, 0) is 4.79 Å². The van der Waals surface area contributed by atoms with Crippen LogP contribution >= 0.6 is 15.9 Å². The van der Waals surface area contributed by atoms with Crippen molar-refractivity contribution in [3.8, 4) is 11.8 Å².